The molecule has 1 amide bonds. The summed E-state index contributed by atoms with van der Waals surface area (Å²) in [4.78, 5) is 21.0. The Labute approximate surface area is 151 Å². The Kier molecular flexibility index (Phi) is 4.91. The van der Waals surface area contributed by atoms with E-state index in [2.05, 4.69) is 22.9 Å². The van der Waals surface area contributed by atoms with Gasteiger partial charge in [-0.15, -0.1) is 0 Å². The monoisotopic (exact) mass is 345 g/mol. The maximum absolute atomic E-state index is 12.1. The van der Waals surface area contributed by atoms with Crippen molar-refractivity contribution in [1.82, 2.24) is 14.8 Å². The molecule has 5 nitrogen and oxygen atoms in total. The van der Waals surface area contributed by atoms with E-state index >= 15 is 0 Å². The molecule has 3 rings (SSSR count). The minimum Gasteiger partial charge on any atom is -0.391 e. The van der Waals surface area contributed by atoms with E-state index in [0.717, 1.165) is 51.1 Å². The number of rotatable bonds is 2. The van der Waals surface area contributed by atoms with E-state index in [-0.39, 0.29) is 11.3 Å². The summed E-state index contributed by atoms with van der Waals surface area (Å²) in [6.45, 7) is 11.3. The number of carbonyl (C=O) groups excluding carboxylic acids is 1. The maximum atomic E-state index is 12.1. The van der Waals surface area contributed by atoms with Gasteiger partial charge in [-0.3, -0.25) is 14.7 Å². The van der Waals surface area contributed by atoms with Crippen molar-refractivity contribution in [3.63, 3.8) is 0 Å². The third-order valence-electron chi connectivity index (χ3n) is 6.42. The summed E-state index contributed by atoms with van der Waals surface area (Å²) in [5.41, 5.74) is 1.96. The highest BCUT2D eigenvalue weighted by atomic mass is 16.3. The van der Waals surface area contributed by atoms with E-state index in [9.17, 15) is 9.90 Å². The minimum absolute atomic E-state index is 0.0519. The highest BCUT2D eigenvalue weighted by Crippen LogP contribution is 2.45. The van der Waals surface area contributed by atoms with Gasteiger partial charge in [0.15, 0.2) is 0 Å². The Bertz CT molecular complexity index is 636. The van der Waals surface area contributed by atoms with Crippen molar-refractivity contribution in [3.8, 4) is 0 Å². The van der Waals surface area contributed by atoms with Crippen LogP contribution in [0, 0.1) is 12.3 Å². The number of aromatic nitrogens is 1. The molecule has 1 spiro atoms. The predicted octanol–water partition coefficient (Wildman–Crippen LogP) is 2.36. The molecule has 0 radical (unpaired) electrons. The number of aliphatic hydroxyl groups excluding tert-OH is 1. The number of amides is 1. The van der Waals surface area contributed by atoms with Gasteiger partial charge in [0, 0.05) is 26.2 Å². The number of piperidine rings is 2. The molecule has 3 heterocycles. The molecule has 1 aromatic rings. The van der Waals surface area contributed by atoms with Crippen LogP contribution in [-0.4, -0.2) is 57.1 Å². The van der Waals surface area contributed by atoms with Gasteiger partial charge < -0.3 is 10.0 Å². The van der Waals surface area contributed by atoms with Gasteiger partial charge in [0.25, 0.3) is 0 Å². The van der Waals surface area contributed by atoms with Gasteiger partial charge in [-0.05, 0) is 70.2 Å². The molecular weight excluding hydrogens is 314 g/mol. The van der Waals surface area contributed by atoms with Crippen LogP contribution in [0.15, 0.2) is 18.3 Å². The second-order valence-electron chi connectivity index (χ2n) is 8.52. The van der Waals surface area contributed by atoms with Crippen LogP contribution in [0.5, 0.6) is 0 Å². The summed E-state index contributed by atoms with van der Waals surface area (Å²) in [6.07, 6.45) is 4.24. The number of hydrogen-bond acceptors (Lipinski definition) is 4. The summed E-state index contributed by atoms with van der Waals surface area (Å²) in [6, 6.07) is 4.09. The first kappa shape index (κ1) is 18.3. The number of likely N-dealkylation sites (tertiary alicyclic amines) is 2. The summed E-state index contributed by atoms with van der Waals surface area (Å²) >= 11 is 0. The molecular formula is C20H31N3O2. The van der Waals surface area contributed by atoms with Crippen LogP contribution in [0.3, 0.4) is 0 Å². The first-order valence-electron chi connectivity index (χ1n) is 9.33. The Morgan fingerprint density at radius 3 is 2.64 bits per heavy atom. The quantitative estimate of drug-likeness (QED) is 0.894. The van der Waals surface area contributed by atoms with Gasteiger partial charge in [-0.1, -0.05) is 6.07 Å². The molecule has 1 unspecified atom stereocenters. The second kappa shape index (κ2) is 6.69. The second-order valence-corrected chi connectivity index (χ2v) is 8.52. The molecule has 138 valence electrons. The normalized spacial score (nSPS) is 26.0. The zero-order valence-electron chi connectivity index (χ0n) is 16.0. The average molecular weight is 345 g/mol. The molecule has 0 aliphatic carbocycles. The molecule has 1 atom stereocenters. The van der Waals surface area contributed by atoms with E-state index in [1.165, 1.54) is 5.56 Å². The van der Waals surface area contributed by atoms with Crippen molar-refractivity contribution >= 4 is 5.91 Å². The van der Waals surface area contributed by atoms with Crippen LogP contribution < -0.4 is 0 Å². The zero-order chi connectivity index (χ0) is 18.2. The predicted molar refractivity (Wildman–Crippen MR) is 98.0 cm³/mol. The lowest BCUT2D eigenvalue weighted by molar-refractivity contribution is -0.157. The van der Waals surface area contributed by atoms with E-state index in [4.69, 9.17) is 0 Å². The fourth-order valence-electron chi connectivity index (χ4n) is 4.40. The average Bonchev–Trinajstić information content (AvgIpc) is 2.55. The molecule has 2 fully saturated rings. The molecule has 1 N–H and O–H groups in total. The first-order valence-corrected chi connectivity index (χ1v) is 9.33. The van der Waals surface area contributed by atoms with Gasteiger partial charge in [0.2, 0.25) is 5.91 Å². The molecule has 0 bridgehead atoms. The van der Waals surface area contributed by atoms with E-state index in [1.54, 1.807) is 6.92 Å². The molecule has 1 aromatic heterocycles. The molecule has 2 aliphatic heterocycles. The van der Waals surface area contributed by atoms with Crippen LogP contribution in [0.4, 0.5) is 0 Å². The van der Waals surface area contributed by atoms with Crippen LogP contribution in [0.2, 0.25) is 0 Å². The van der Waals surface area contributed by atoms with Gasteiger partial charge >= 0.3 is 0 Å². The van der Waals surface area contributed by atoms with Crippen LogP contribution >= 0.6 is 0 Å². The maximum Gasteiger partial charge on any atom is 0.219 e. The van der Waals surface area contributed by atoms with Crippen molar-refractivity contribution < 1.29 is 9.90 Å². The molecule has 2 saturated heterocycles. The first-order chi connectivity index (χ1) is 11.7. The summed E-state index contributed by atoms with van der Waals surface area (Å²) < 4.78 is 0. The third kappa shape index (κ3) is 3.58. The standard InChI is InChI=1S/C20H31N3O2/c1-15-6-5-9-21-17(15)13-22-10-7-20(8-11-22)12-18(25)19(3,4)23(14-20)16(2)24/h5-6,9,18,25H,7-8,10-14H2,1-4H3. The minimum atomic E-state index is -0.473. The Hall–Kier alpha value is -1.46. The lowest BCUT2D eigenvalue weighted by Crippen LogP contribution is -2.64. The lowest BCUT2D eigenvalue weighted by Gasteiger charge is -2.55. The van der Waals surface area contributed by atoms with Crippen LogP contribution in [0.1, 0.15) is 51.3 Å². The number of hydrogen-bond donors (Lipinski definition) is 1. The van der Waals surface area contributed by atoms with Gasteiger partial charge in [-0.2, -0.15) is 0 Å². The lowest BCUT2D eigenvalue weighted by atomic mass is 9.67. The van der Waals surface area contributed by atoms with Gasteiger partial charge in [0.05, 0.1) is 17.3 Å². The topological polar surface area (TPSA) is 56.7 Å². The van der Waals surface area contributed by atoms with Crippen molar-refractivity contribution in [2.24, 2.45) is 5.41 Å². The molecule has 0 aromatic carbocycles. The Morgan fingerprint density at radius 1 is 1.36 bits per heavy atom. The molecule has 0 saturated carbocycles. The smallest absolute Gasteiger partial charge is 0.219 e. The number of aliphatic hydroxyl groups is 1. The van der Waals surface area contributed by atoms with Crippen LogP contribution in [0.25, 0.3) is 0 Å². The molecule has 25 heavy (non-hydrogen) atoms. The van der Waals surface area contributed by atoms with Crippen molar-refractivity contribution in [3.05, 3.63) is 29.6 Å². The SMILES string of the molecule is CC(=O)N1CC2(CCN(Cc3ncccc3C)CC2)CC(O)C1(C)C. The molecule has 2 aliphatic rings. The Morgan fingerprint density at radius 2 is 2.04 bits per heavy atom. The van der Waals surface area contributed by atoms with Gasteiger partial charge in [-0.25, -0.2) is 0 Å². The third-order valence-corrected chi connectivity index (χ3v) is 6.42. The van der Waals surface area contributed by atoms with Gasteiger partial charge in [0.1, 0.15) is 0 Å². The van der Waals surface area contributed by atoms with E-state index < -0.39 is 11.6 Å². The summed E-state index contributed by atoms with van der Waals surface area (Å²) in [7, 11) is 0. The number of carbonyl (C=O) groups is 1. The van der Waals surface area contributed by atoms with Crippen LogP contribution in [-0.2, 0) is 11.3 Å². The Balaban J connectivity index is 1.67. The van der Waals surface area contributed by atoms with Crippen molar-refractivity contribution in [2.75, 3.05) is 19.6 Å². The van der Waals surface area contributed by atoms with Crippen molar-refractivity contribution in [2.45, 2.75) is 65.1 Å². The highest BCUT2D eigenvalue weighted by Gasteiger charge is 2.50. The fraction of sp³-hybridized carbons (Fsp3) is 0.700. The zero-order valence-corrected chi connectivity index (χ0v) is 16.0. The molecule has 5 heteroatoms. The van der Waals surface area contributed by atoms with E-state index in [1.807, 2.05) is 31.0 Å². The summed E-state index contributed by atoms with van der Waals surface area (Å²) in [5.74, 6) is 0.0645. The van der Waals surface area contributed by atoms with E-state index in [0.29, 0.717) is 0 Å². The number of aryl methyl sites for hydroxylation is 1. The number of pyridine rings is 1. The van der Waals surface area contributed by atoms with Crippen molar-refractivity contribution in [1.29, 1.82) is 0 Å². The number of nitrogens with zero attached hydrogens (tertiary/aromatic N) is 3. The highest BCUT2D eigenvalue weighted by molar-refractivity contribution is 5.74. The largest absolute Gasteiger partial charge is 0.391 e. The fourth-order valence-corrected chi connectivity index (χ4v) is 4.40. The summed E-state index contributed by atoms with van der Waals surface area (Å²) in [5, 5.41) is 10.7.